The topological polar surface area (TPSA) is 21.3 Å². The second kappa shape index (κ2) is 4.85. The molecule has 1 atom stereocenters. The summed E-state index contributed by atoms with van der Waals surface area (Å²) in [7, 11) is 0. The lowest BCUT2D eigenvalue weighted by atomic mass is 10.1. The number of anilines is 1. The van der Waals surface area contributed by atoms with Gasteiger partial charge in [-0.1, -0.05) is 28.1 Å². The number of hydrogen-bond acceptors (Lipinski definition) is 2. The molecule has 98 valence electrons. The molecule has 1 heterocycles. The molecule has 3 rings (SSSR count). The molecule has 0 aliphatic carbocycles. The van der Waals surface area contributed by atoms with Gasteiger partial charge < -0.3 is 10.1 Å². The van der Waals surface area contributed by atoms with E-state index in [1.165, 1.54) is 11.6 Å². The number of benzene rings is 2. The first-order valence-corrected chi connectivity index (χ1v) is 6.89. The molecule has 1 aliphatic heterocycles. The normalized spacial score (nSPS) is 17.3. The molecule has 2 nitrogen and oxygen atoms in total. The van der Waals surface area contributed by atoms with Gasteiger partial charge in [0, 0.05) is 10.0 Å². The first-order chi connectivity index (χ1) is 9.13. The standard InChI is InChI=1S/C15H13BrFNO/c1-9-2-5-14-13(6-9)18-8-15(19-14)11-4-3-10(16)7-12(11)17/h2-7,15,18H,8H2,1H3. The Hall–Kier alpha value is -1.55. The summed E-state index contributed by atoms with van der Waals surface area (Å²) in [5, 5.41) is 3.29. The maximum atomic E-state index is 13.9. The Bertz CT molecular complexity index is 630. The number of hydrogen-bond donors (Lipinski definition) is 1. The van der Waals surface area contributed by atoms with E-state index >= 15 is 0 Å². The van der Waals surface area contributed by atoms with Gasteiger partial charge in [0.25, 0.3) is 0 Å². The zero-order valence-electron chi connectivity index (χ0n) is 10.4. The highest BCUT2D eigenvalue weighted by molar-refractivity contribution is 9.10. The number of halogens is 2. The number of fused-ring (bicyclic) bond motifs is 1. The lowest BCUT2D eigenvalue weighted by Crippen LogP contribution is -2.24. The Morgan fingerprint density at radius 3 is 2.89 bits per heavy atom. The van der Waals surface area contributed by atoms with Crippen molar-refractivity contribution in [1.82, 2.24) is 0 Å². The summed E-state index contributed by atoms with van der Waals surface area (Å²) in [6.07, 6.45) is -0.302. The first-order valence-electron chi connectivity index (χ1n) is 6.09. The summed E-state index contributed by atoms with van der Waals surface area (Å²) < 4.78 is 20.5. The molecule has 1 N–H and O–H groups in total. The SMILES string of the molecule is Cc1ccc2c(c1)NCC(c1ccc(Br)cc1F)O2. The molecule has 2 aromatic carbocycles. The van der Waals surface area contributed by atoms with Crippen LogP contribution in [0, 0.1) is 12.7 Å². The maximum absolute atomic E-state index is 13.9. The predicted octanol–water partition coefficient (Wildman–Crippen LogP) is 4.44. The van der Waals surface area contributed by atoms with E-state index in [9.17, 15) is 4.39 Å². The minimum Gasteiger partial charge on any atom is -0.482 e. The van der Waals surface area contributed by atoms with Crippen molar-refractivity contribution >= 4 is 21.6 Å². The van der Waals surface area contributed by atoms with Crippen LogP contribution in [0.15, 0.2) is 40.9 Å². The largest absolute Gasteiger partial charge is 0.482 e. The Kier molecular flexibility index (Phi) is 3.19. The monoisotopic (exact) mass is 321 g/mol. The molecular formula is C15H13BrFNO. The smallest absolute Gasteiger partial charge is 0.144 e. The second-order valence-electron chi connectivity index (χ2n) is 4.65. The lowest BCUT2D eigenvalue weighted by Gasteiger charge is -2.28. The fourth-order valence-electron chi connectivity index (χ4n) is 2.22. The lowest BCUT2D eigenvalue weighted by molar-refractivity contribution is 0.205. The van der Waals surface area contributed by atoms with Gasteiger partial charge in [-0.25, -0.2) is 4.39 Å². The molecule has 1 unspecified atom stereocenters. The zero-order valence-corrected chi connectivity index (χ0v) is 12.0. The van der Waals surface area contributed by atoms with Crippen molar-refractivity contribution in [3.8, 4) is 5.75 Å². The van der Waals surface area contributed by atoms with Crippen molar-refractivity contribution < 1.29 is 9.13 Å². The maximum Gasteiger partial charge on any atom is 0.144 e. The van der Waals surface area contributed by atoms with Gasteiger partial charge in [-0.3, -0.25) is 0 Å². The summed E-state index contributed by atoms with van der Waals surface area (Å²) in [5.41, 5.74) is 2.71. The van der Waals surface area contributed by atoms with Crippen LogP contribution in [0.1, 0.15) is 17.2 Å². The predicted molar refractivity (Wildman–Crippen MR) is 77.1 cm³/mol. The fraction of sp³-hybridized carbons (Fsp3) is 0.200. The van der Waals surface area contributed by atoms with Crippen molar-refractivity contribution in [2.45, 2.75) is 13.0 Å². The third kappa shape index (κ3) is 2.45. The van der Waals surface area contributed by atoms with Crippen molar-refractivity contribution in [1.29, 1.82) is 0 Å². The van der Waals surface area contributed by atoms with Crippen LogP contribution < -0.4 is 10.1 Å². The van der Waals surface area contributed by atoms with E-state index in [4.69, 9.17) is 4.74 Å². The van der Waals surface area contributed by atoms with Crippen LogP contribution in [0.2, 0.25) is 0 Å². The van der Waals surface area contributed by atoms with Gasteiger partial charge in [0.1, 0.15) is 17.7 Å². The second-order valence-corrected chi connectivity index (χ2v) is 5.57. The highest BCUT2D eigenvalue weighted by Crippen LogP contribution is 2.35. The zero-order chi connectivity index (χ0) is 13.4. The van der Waals surface area contributed by atoms with E-state index in [2.05, 4.69) is 21.2 Å². The third-order valence-electron chi connectivity index (χ3n) is 3.19. The number of aryl methyl sites for hydroxylation is 1. The van der Waals surface area contributed by atoms with E-state index in [0.29, 0.717) is 12.1 Å². The van der Waals surface area contributed by atoms with Crippen molar-refractivity contribution in [2.24, 2.45) is 0 Å². The number of ether oxygens (including phenoxy) is 1. The van der Waals surface area contributed by atoms with Gasteiger partial charge in [-0.15, -0.1) is 0 Å². The van der Waals surface area contributed by atoms with E-state index in [0.717, 1.165) is 15.9 Å². The van der Waals surface area contributed by atoms with Gasteiger partial charge in [-0.2, -0.15) is 0 Å². The molecule has 1 aliphatic rings. The van der Waals surface area contributed by atoms with Gasteiger partial charge in [-0.05, 0) is 36.8 Å². The first kappa shape index (κ1) is 12.5. The molecule has 0 bridgehead atoms. The van der Waals surface area contributed by atoms with Crippen LogP contribution in [0.4, 0.5) is 10.1 Å². The summed E-state index contributed by atoms with van der Waals surface area (Å²) in [6, 6.07) is 11.0. The molecule has 2 aromatic rings. The van der Waals surface area contributed by atoms with E-state index in [1.807, 2.05) is 31.2 Å². The highest BCUT2D eigenvalue weighted by atomic mass is 79.9. The van der Waals surface area contributed by atoms with Gasteiger partial charge in [0.15, 0.2) is 0 Å². The Balaban J connectivity index is 1.91. The van der Waals surface area contributed by atoms with Crippen LogP contribution >= 0.6 is 15.9 Å². The molecule has 0 saturated heterocycles. The quantitative estimate of drug-likeness (QED) is 0.838. The molecule has 0 amide bonds. The molecule has 4 heteroatoms. The summed E-state index contributed by atoms with van der Waals surface area (Å²) in [6.45, 7) is 2.59. The fourth-order valence-corrected chi connectivity index (χ4v) is 2.55. The highest BCUT2D eigenvalue weighted by Gasteiger charge is 2.23. The van der Waals surface area contributed by atoms with E-state index in [-0.39, 0.29) is 11.9 Å². The molecule has 0 aromatic heterocycles. The van der Waals surface area contributed by atoms with Crippen molar-refractivity contribution in [2.75, 3.05) is 11.9 Å². The van der Waals surface area contributed by atoms with Crippen LogP contribution in [-0.2, 0) is 0 Å². The molecule has 0 fully saturated rings. The number of nitrogens with one attached hydrogen (secondary N) is 1. The molecule has 0 saturated carbocycles. The van der Waals surface area contributed by atoms with Gasteiger partial charge in [0.2, 0.25) is 0 Å². The minimum absolute atomic E-state index is 0.253. The Morgan fingerprint density at radius 1 is 1.26 bits per heavy atom. The number of rotatable bonds is 1. The van der Waals surface area contributed by atoms with E-state index in [1.54, 1.807) is 6.07 Å². The summed E-state index contributed by atoms with van der Waals surface area (Å²) in [5.74, 6) is 0.515. The summed E-state index contributed by atoms with van der Waals surface area (Å²) >= 11 is 3.26. The molecule has 0 spiro atoms. The minimum atomic E-state index is -0.302. The third-order valence-corrected chi connectivity index (χ3v) is 3.68. The van der Waals surface area contributed by atoms with Crippen LogP contribution in [0.5, 0.6) is 5.75 Å². The Labute approximate surface area is 119 Å². The van der Waals surface area contributed by atoms with Crippen molar-refractivity contribution in [3.05, 3.63) is 57.8 Å². The van der Waals surface area contributed by atoms with E-state index < -0.39 is 0 Å². The van der Waals surface area contributed by atoms with Crippen molar-refractivity contribution in [3.63, 3.8) is 0 Å². The average Bonchev–Trinajstić information content (AvgIpc) is 2.38. The Morgan fingerprint density at radius 2 is 2.11 bits per heavy atom. The molecule has 0 radical (unpaired) electrons. The van der Waals surface area contributed by atoms with Gasteiger partial charge >= 0.3 is 0 Å². The molecule has 19 heavy (non-hydrogen) atoms. The summed E-state index contributed by atoms with van der Waals surface area (Å²) in [4.78, 5) is 0. The molecular weight excluding hydrogens is 309 g/mol. The van der Waals surface area contributed by atoms with Crippen LogP contribution in [0.25, 0.3) is 0 Å². The average molecular weight is 322 g/mol. The van der Waals surface area contributed by atoms with Crippen LogP contribution in [0.3, 0.4) is 0 Å². The van der Waals surface area contributed by atoms with Gasteiger partial charge in [0.05, 0.1) is 12.2 Å². The van der Waals surface area contributed by atoms with Crippen LogP contribution in [-0.4, -0.2) is 6.54 Å².